The highest BCUT2D eigenvalue weighted by molar-refractivity contribution is 5.93. The molecule has 0 spiro atoms. The minimum atomic E-state index is -0.399. The van der Waals surface area contributed by atoms with Crippen LogP contribution < -0.4 is 5.56 Å². The summed E-state index contributed by atoms with van der Waals surface area (Å²) in [7, 11) is 0. The summed E-state index contributed by atoms with van der Waals surface area (Å²) >= 11 is 0. The SMILES string of the molecule is CCCCn1c(=O)c(C(=O)N2CCN(C(C)=O)CC2)nc2cccnc21. The van der Waals surface area contributed by atoms with Gasteiger partial charge in [-0.3, -0.25) is 19.0 Å². The van der Waals surface area contributed by atoms with Gasteiger partial charge in [-0.15, -0.1) is 0 Å². The van der Waals surface area contributed by atoms with Gasteiger partial charge in [0.2, 0.25) is 5.91 Å². The van der Waals surface area contributed by atoms with Gasteiger partial charge in [0.25, 0.3) is 11.5 Å². The van der Waals surface area contributed by atoms with Crippen LogP contribution in [0.2, 0.25) is 0 Å². The third-order valence-corrected chi connectivity index (χ3v) is 4.65. The zero-order valence-electron chi connectivity index (χ0n) is 15.1. The molecular weight excluding hydrogens is 334 g/mol. The van der Waals surface area contributed by atoms with Crippen LogP contribution in [-0.2, 0) is 11.3 Å². The van der Waals surface area contributed by atoms with E-state index in [1.807, 2.05) is 6.92 Å². The number of hydrogen-bond acceptors (Lipinski definition) is 5. The van der Waals surface area contributed by atoms with Crippen LogP contribution in [0.15, 0.2) is 23.1 Å². The van der Waals surface area contributed by atoms with Gasteiger partial charge in [0, 0.05) is 45.8 Å². The third kappa shape index (κ3) is 3.44. The molecule has 8 nitrogen and oxygen atoms in total. The summed E-state index contributed by atoms with van der Waals surface area (Å²) < 4.78 is 1.55. The number of piperazine rings is 1. The Kier molecular flexibility index (Phi) is 5.29. The standard InChI is InChI=1S/C18H23N5O3/c1-3-4-8-23-16-14(6-5-7-19-16)20-15(18(23)26)17(25)22-11-9-21(10-12-22)13(2)24/h5-7H,3-4,8-12H2,1-2H3. The molecule has 1 aliphatic heterocycles. The fourth-order valence-electron chi connectivity index (χ4n) is 3.11. The number of amides is 2. The average Bonchev–Trinajstić information content (AvgIpc) is 2.66. The lowest BCUT2D eigenvalue weighted by Crippen LogP contribution is -2.51. The van der Waals surface area contributed by atoms with Crippen molar-refractivity contribution in [3.05, 3.63) is 34.4 Å². The van der Waals surface area contributed by atoms with E-state index in [2.05, 4.69) is 9.97 Å². The Labute approximate surface area is 151 Å². The van der Waals surface area contributed by atoms with E-state index in [0.717, 1.165) is 12.8 Å². The molecule has 0 atom stereocenters. The Morgan fingerprint density at radius 3 is 2.50 bits per heavy atom. The van der Waals surface area contributed by atoms with Gasteiger partial charge in [0.05, 0.1) is 0 Å². The molecule has 1 saturated heterocycles. The van der Waals surface area contributed by atoms with Crippen molar-refractivity contribution in [2.75, 3.05) is 26.2 Å². The van der Waals surface area contributed by atoms with E-state index in [-0.39, 0.29) is 17.5 Å². The minimum absolute atomic E-state index is 0.00563. The van der Waals surface area contributed by atoms with Crippen LogP contribution in [0.1, 0.15) is 37.2 Å². The first-order chi connectivity index (χ1) is 12.5. The van der Waals surface area contributed by atoms with Crippen LogP contribution in [0, 0.1) is 0 Å². The van der Waals surface area contributed by atoms with Crippen LogP contribution in [0.4, 0.5) is 0 Å². The van der Waals surface area contributed by atoms with Crippen LogP contribution >= 0.6 is 0 Å². The summed E-state index contributed by atoms with van der Waals surface area (Å²) in [6.07, 6.45) is 3.37. The van der Waals surface area contributed by atoms with Crippen LogP contribution in [0.5, 0.6) is 0 Å². The fourth-order valence-corrected chi connectivity index (χ4v) is 3.11. The topological polar surface area (TPSA) is 88.4 Å². The number of carbonyl (C=O) groups excluding carboxylic acids is 2. The van der Waals surface area contributed by atoms with E-state index in [1.165, 1.54) is 6.92 Å². The van der Waals surface area contributed by atoms with Crippen molar-refractivity contribution in [2.24, 2.45) is 0 Å². The monoisotopic (exact) mass is 357 g/mol. The molecule has 0 radical (unpaired) electrons. The quantitative estimate of drug-likeness (QED) is 0.811. The Morgan fingerprint density at radius 1 is 1.15 bits per heavy atom. The van der Waals surface area contributed by atoms with E-state index in [1.54, 1.807) is 32.7 Å². The van der Waals surface area contributed by atoms with E-state index in [9.17, 15) is 14.4 Å². The molecule has 3 rings (SSSR count). The number of nitrogens with zero attached hydrogens (tertiary/aromatic N) is 5. The lowest BCUT2D eigenvalue weighted by Gasteiger charge is -2.33. The summed E-state index contributed by atoms with van der Waals surface area (Å²) in [6, 6.07) is 3.50. The minimum Gasteiger partial charge on any atom is -0.339 e. The van der Waals surface area contributed by atoms with E-state index in [4.69, 9.17) is 0 Å². The first-order valence-electron chi connectivity index (χ1n) is 8.93. The average molecular weight is 357 g/mol. The normalized spacial score (nSPS) is 14.7. The van der Waals surface area contributed by atoms with Crippen molar-refractivity contribution in [3.63, 3.8) is 0 Å². The molecule has 2 amide bonds. The highest BCUT2D eigenvalue weighted by Gasteiger charge is 2.27. The summed E-state index contributed by atoms with van der Waals surface area (Å²) in [6.45, 7) is 5.81. The second-order valence-electron chi connectivity index (χ2n) is 6.42. The summed E-state index contributed by atoms with van der Waals surface area (Å²) in [4.78, 5) is 49.1. The zero-order chi connectivity index (χ0) is 18.7. The Morgan fingerprint density at radius 2 is 1.85 bits per heavy atom. The number of unbranched alkanes of at least 4 members (excludes halogenated alkanes) is 1. The van der Waals surface area contributed by atoms with Crippen molar-refractivity contribution in [1.29, 1.82) is 0 Å². The molecule has 1 fully saturated rings. The van der Waals surface area contributed by atoms with Gasteiger partial charge in [-0.1, -0.05) is 13.3 Å². The van der Waals surface area contributed by atoms with Crippen molar-refractivity contribution in [3.8, 4) is 0 Å². The number of rotatable bonds is 4. The number of aryl methyl sites for hydroxylation is 1. The fraction of sp³-hybridized carbons (Fsp3) is 0.500. The second-order valence-corrected chi connectivity index (χ2v) is 6.42. The van der Waals surface area contributed by atoms with Gasteiger partial charge in [-0.05, 0) is 18.6 Å². The van der Waals surface area contributed by atoms with E-state index in [0.29, 0.717) is 43.9 Å². The molecule has 26 heavy (non-hydrogen) atoms. The number of fused-ring (bicyclic) bond motifs is 1. The molecular formula is C18H23N5O3. The maximum absolute atomic E-state index is 12.9. The summed E-state index contributed by atoms with van der Waals surface area (Å²) in [5, 5.41) is 0. The molecule has 0 bridgehead atoms. The van der Waals surface area contributed by atoms with Crippen molar-refractivity contribution in [1.82, 2.24) is 24.3 Å². The molecule has 0 unspecified atom stereocenters. The van der Waals surface area contributed by atoms with E-state index >= 15 is 0 Å². The first-order valence-corrected chi connectivity index (χ1v) is 8.93. The molecule has 0 saturated carbocycles. The lowest BCUT2D eigenvalue weighted by molar-refractivity contribution is -0.130. The van der Waals surface area contributed by atoms with Gasteiger partial charge in [-0.25, -0.2) is 9.97 Å². The van der Waals surface area contributed by atoms with Crippen LogP contribution in [0.25, 0.3) is 11.2 Å². The predicted molar refractivity (Wildman–Crippen MR) is 96.9 cm³/mol. The van der Waals surface area contributed by atoms with Gasteiger partial charge in [0.1, 0.15) is 5.52 Å². The van der Waals surface area contributed by atoms with Crippen molar-refractivity contribution >= 4 is 23.0 Å². The Bertz CT molecular complexity index is 884. The zero-order valence-corrected chi connectivity index (χ0v) is 15.1. The van der Waals surface area contributed by atoms with Crippen molar-refractivity contribution < 1.29 is 9.59 Å². The van der Waals surface area contributed by atoms with Crippen molar-refractivity contribution in [2.45, 2.75) is 33.2 Å². The molecule has 3 heterocycles. The first kappa shape index (κ1) is 18.0. The smallest absolute Gasteiger partial charge is 0.283 e. The van der Waals surface area contributed by atoms with Crippen LogP contribution in [0.3, 0.4) is 0 Å². The highest BCUT2D eigenvalue weighted by Crippen LogP contribution is 2.11. The molecule has 0 N–H and O–H groups in total. The molecule has 2 aromatic rings. The van der Waals surface area contributed by atoms with Gasteiger partial charge in [0.15, 0.2) is 11.3 Å². The molecule has 2 aromatic heterocycles. The number of pyridine rings is 1. The summed E-state index contributed by atoms with van der Waals surface area (Å²) in [5.74, 6) is -0.386. The van der Waals surface area contributed by atoms with E-state index < -0.39 is 5.56 Å². The molecule has 0 aliphatic carbocycles. The molecule has 138 valence electrons. The molecule has 1 aliphatic rings. The largest absolute Gasteiger partial charge is 0.339 e. The van der Waals surface area contributed by atoms with Gasteiger partial charge >= 0.3 is 0 Å². The summed E-state index contributed by atoms with van der Waals surface area (Å²) in [5.41, 5.74) is 0.569. The lowest BCUT2D eigenvalue weighted by atomic mass is 10.2. The maximum Gasteiger partial charge on any atom is 0.283 e. The maximum atomic E-state index is 12.9. The molecule has 0 aromatic carbocycles. The Balaban J connectivity index is 1.94. The predicted octanol–water partition coefficient (Wildman–Crippen LogP) is 0.896. The highest BCUT2D eigenvalue weighted by atomic mass is 16.2. The van der Waals surface area contributed by atoms with Gasteiger partial charge < -0.3 is 9.80 Å². The Hall–Kier alpha value is -2.77. The van der Waals surface area contributed by atoms with Gasteiger partial charge in [-0.2, -0.15) is 0 Å². The van der Waals surface area contributed by atoms with Crippen LogP contribution in [-0.4, -0.2) is 62.3 Å². The number of carbonyl (C=O) groups is 2. The number of aromatic nitrogens is 3. The molecule has 8 heteroatoms. The number of hydrogen-bond donors (Lipinski definition) is 0. The second kappa shape index (κ2) is 7.63. The third-order valence-electron chi connectivity index (χ3n) is 4.65.